The number of amides is 2. The van der Waals surface area contributed by atoms with E-state index >= 15 is 0 Å². The summed E-state index contributed by atoms with van der Waals surface area (Å²) in [6.45, 7) is 4.52. The Balaban J connectivity index is 1.40. The maximum Gasteiger partial charge on any atom is 0.287 e. The fraction of sp³-hybridized carbons (Fsp3) is 0.278. The van der Waals surface area contributed by atoms with Crippen molar-refractivity contribution < 1.29 is 14.0 Å². The molecule has 136 valence electrons. The van der Waals surface area contributed by atoms with E-state index in [1.165, 1.54) is 0 Å². The van der Waals surface area contributed by atoms with Crippen molar-refractivity contribution in [1.82, 2.24) is 20.8 Å². The fourth-order valence-corrected chi connectivity index (χ4v) is 3.22. The first-order chi connectivity index (χ1) is 12.5. The standard InChI is InChI=1S/C18H20N4O3S/c1-11-9-12(2)25-16(11)18(24)20-7-4-6-19-17(23)14-10-13(21-22-14)15-5-3-8-26-15/h3,5,8-10H,4,6-7H2,1-2H3,(H,19,23)(H,20,24)(H,21,22). The first-order valence-corrected chi connectivity index (χ1v) is 9.15. The lowest BCUT2D eigenvalue weighted by atomic mass is 10.2. The zero-order valence-electron chi connectivity index (χ0n) is 14.6. The second kappa shape index (κ2) is 8.01. The Morgan fingerprint density at radius 2 is 1.96 bits per heavy atom. The molecular weight excluding hydrogens is 352 g/mol. The van der Waals surface area contributed by atoms with Gasteiger partial charge in [0.25, 0.3) is 11.8 Å². The van der Waals surface area contributed by atoms with Gasteiger partial charge in [0.15, 0.2) is 11.5 Å². The molecule has 0 spiro atoms. The number of aromatic nitrogens is 2. The lowest BCUT2D eigenvalue weighted by Gasteiger charge is -2.05. The van der Waals surface area contributed by atoms with Gasteiger partial charge in [0.05, 0.1) is 10.6 Å². The molecule has 0 unspecified atom stereocenters. The topological polar surface area (TPSA) is 100 Å². The highest BCUT2D eigenvalue weighted by Gasteiger charge is 2.14. The van der Waals surface area contributed by atoms with Crippen LogP contribution in [-0.4, -0.2) is 35.1 Å². The van der Waals surface area contributed by atoms with E-state index < -0.39 is 0 Å². The van der Waals surface area contributed by atoms with Gasteiger partial charge in [-0.3, -0.25) is 14.7 Å². The number of hydrogen-bond donors (Lipinski definition) is 3. The highest BCUT2D eigenvalue weighted by atomic mass is 32.1. The monoisotopic (exact) mass is 372 g/mol. The molecule has 0 aliphatic heterocycles. The van der Waals surface area contributed by atoms with Crippen LogP contribution in [0.1, 0.15) is 38.8 Å². The third-order valence-corrected chi connectivity index (χ3v) is 4.67. The number of rotatable bonds is 7. The summed E-state index contributed by atoms with van der Waals surface area (Å²) in [4.78, 5) is 25.1. The van der Waals surface area contributed by atoms with Crippen LogP contribution >= 0.6 is 11.3 Å². The van der Waals surface area contributed by atoms with Crippen LogP contribution in [0.15, 0.2) is 34.1 Å². The Morgan fingerprint density at radius 1 is 1.19 bits per heavy atom. The molecule has 26 heavy (non-hydrogen) atoms. The normalized spacial score (nSPS) is 10.7. The lowest BCUT2D eigenvalue weighted by molar-refractivity contribution is 0.0923. The molecule has 0 aromatic carbocycles. The van der Waals surface area contributed by atoms with E-state index in [0.29, 0.717) is 36.7 Å². The van der Waals surface area contributed by atoms with Gasteiger partial charge in [-0.2, -0.15) is 5.10 Å². The Morgan fingerprint density at radius 3 is 2.62 bits per heavy atom. The molecule has 0 atom stereocenters. The van der Waals surface area contributed by atoms with Crippen molar-refractivity contribution in [3.05, 3.63) is 52.4 Å². The molecule has 0 saturated heterocycles. The number of aryl methyl sites for hydroxylation is 2. The zero-order chi connectivity index (χ0) is 18.5. The largest absolute Gasteiger partial charge is 0.456 e. The number of thiophene rings is 1. The smallest absolute Gasteiger partial charge is 0.287 e. The van der Waals surface area contributed by atoms with Crippen LogP contribution in [0.4, 0.5) is 0 Å². The number of H-pyrrole nitrogens is 1. The lowest BCUT2D eigenvalue weighted by Crippen LogP contribution is -2.30. The van der Waals surface area contributed by atoms with Crippen LogP contribution in [0.25, 0.3) is 10.6 Å². The van der Waals surface area contributed by atoms with Gasteiger partial charge >= 0.3 is 0 Å². The first kappa shape index (κ1) is 17.9. The van der Waals surface area contributed by atoms with E-state index in [9.17, 15) is 9.59 Å². The third kappa shape index (κ3) is 4.20. The summed E-state index contributed by atoms with van der Waals surface area (Å²) in [6, 6.07) is 7.46. The van der Waals surface area contributed by atoms with Crippen LogP contribution in [0, 0.1) is 13.8 Å². The molecule has 0 aliphatic rings. The molecule has 3 heterocycles. The molecule has 3 aromatic rings. The molecule has 0 radical (unpaired) electrons. The van der Waals surface area contributed by atoms with E-state index in [0.717, 1.165) is 16.1 Å². The average Bonchev–Trinajstić information content (AvgIpc) is 3.34. The molecular formula is C18H20N4O3S. The van der Waals surface area contributed by atoms with Crippen LogP contribution in [0.5, 0.6) is 0 Å². The Hall–Kier alpha value is -2.87. The highest BCUT2D eigenvalue weighted by Crippen LogP contribution is 2.22. The average molecular weight is 372 g/mol. The molecule has 0 aliphatic carbocycles. The van der Waals surface area contributed by atoms with E-state index in [1.807, 2.05) is 30.5 Å². The van der Waals surface area contributed by atoms with Gasteiger partial charge in [0, 0.05) is 18.7 Å². The first-order valence-electron chi connectivity index (χ1n) is 8.27. The van der Waals surface area contributed by atoms with Gasteiger partial charge in [-0.15, -0.1) is 11.3 Å². The number of hydrogen-bond acceptors (Lipinski definition) is 5. The highest BCUT2D eigenvalue weighted by molar-refractivity contribution is 7.13. The SMILES string of the molecule is Cc1cc(C)c(C(=O)NCCCNC(=O)c2cc(-c3cccs3)[nH]n2)o1. The van der Waals surface area contributed by atoms with Crippen LogP contribution in [0.2, 0.25) is 0 Å². The number of furan rings is 1. The minimum Gasteiger partial charge on any atom is -0.456 e. The number of carbonyl (C=O) groups is 2. The van der Waals surface area contributed by atoms with Gasteiger partial charge in [-0.25, -0.2) is 0 Å². The number of nitrogens with zero attached hydrogens (tertiary/aromatic N) is 1. The molecule has 7 nitrogen and oxygen atoms in total. The van der Waals surface area contributed by atoms with Crippen LogP contribution in [0.3, 0.4) is 0 Å². The Bertz CT molecular complexity index is 896. The molecule has 3 aromatic heterocycles. The second-order valence-corrected chi connectivity index (χ2v) is 6.83. The van der Waals surface area contributed by atoms with Crippen molar-refractivity contribution in [3.63, 3.8) is 0 Å². The zero-order valence-corrected chi connectivity index (χ0v) is 15.4. The maximum absolute atomic E-state index is 12.1. The Kier molecular flexibility index (Phi) is 5.52. The summed E-state index contributed by atoms with van der Waals surface area (Å²) in [7, 11) is 0. The van der Waals surface area contributed by atoms with Gasteiger partial charge in [-0.1, -0.05) is 6.07 Å². The quantitative estimate of drug-likeness (QED) is 0.555. The van der Waals surface area contributed by atoms with E-state index in [-0.39, 0.29) is 11.8 Å². The summed E-state index contributed by atoms with van der Waals surface area (Å²) in [5.41, 5.74) is 1.98. The summed E-state index contributed by atoms with van der Waals surface area (Å²) in [6.07, 6.45) is 0.610. The molecule has 3 rings (SSSR count). The van der Waals surface area contributed by atoms with Crippen LogP contribution < -0.4 is 10.6 Å². The predicted octanol–water partition coefficient (Wildman–Crippen LogP) is 2.90. The van der Waals surface area contributed by atoms with Gasteiger partial charge in [0.2, 0.25) is 0 Å². The fourth-order valence-electron chi connectivity index (χ4n) is 2.53. The van der Waals surface area contributed by atoms with Crippen molar-refractivity contribution in [2.45, 2.75) is 20.3 Å². The second-order valence-electron chi connectivity index (χ2n) is 5.88. The van der Waals surface area contributed by atoms with Crippen molar-refractivity contribution in [1.29, 1.82) is 0 Å². The van der Waals surface area contributed by atoms with Gasteiger partial charge in [-0.05, 0) is 43.8 Å². The molecule has 3 N–H and O–H groups in total. The number of nitrogens with one attached hydrogen (secondary N) is 3. The van der Waals surface area contributed by atoms with Crippen molar-refractivity contribution in [2.24, 2.45) is 0 Å². The molecule has 2 amide bonds. The van der Waals surface area contributed by atoms with Crippen molar-refractivity contribution >= 4 is 23.2 Å². The number of carbonyl (C=O) groups excluding carboxylic acids is 2. The van der Waals surface area contributed by atoms with Crippen molar-refractivity contribution in [3.8, 4) is 10.6 Å². The molecule has 0 fully saturated rings. The van der Waals surface area contributed by atoms with E-state index in [4.69, 9.17) is 4.42 Å². The van der Waals surface area contributed by atoms with E-state index in [2.05, 4.69) is 20.8 Å². The number of aromatic amines is 1. The predicted molar refractivity (Wildman–Crippen MR) is 99.4 cm³/mol. The van der Waals surface area contributed by atoms with Gasteiger partial charge in [0.1, 0.15) is 5.76 Å². The molecule has 0 saturated carbocycles. The van der Waals surface area contributed by atoms with E-state index in [1.54, 1.807) is 24.3 Å². The molecule has 8 heteroatoms. The summed E-state index contributed by atoms with van der Waals surface area (Å²) in [5, 5.41) is 14.4. The maximum atomic E-state index is 12.1. The summed E-state index contributed by atoms with van der Waals surface area (Å²) in [5.74, 6) is 0.563. The Labute approximate surface area is 154 Å². The molecule has 0 bridgehead atoms. The summed E-state index contributed by atoms with van der Waals surface area (Å²) < 4.78 is 5.37. The minimum absolute atomic E-state index is 0.241. The minimum atomic E-state index is -0.243. The van der Waals surface area contributed by atoms with Gasteiger partial charge < -0.3 is 15.1 Å². The van der Waals surface area contributed by atoms with Crippen LogP contribution in [-0.2, 0) is 0 Å². The summed E-state index contributed by atoms with van der Waals surface area (Å²) >= 11 is 1.58. The van der Waals surface area contributed by atoms with Crippen molar-refractivity contribution in [2.75, 3.05) is 13.1 Å². The third-order valence-electron chi connectivity index (χ3n) is 3.77.